The second-order valence-corrected chi connectivity index (χ2v) is 5.25. The maximum atomic E-state index is 10.2. The molecule has 1 fully saturated rings. The van der Waals surface area contributed by atoms with Crippen molar-refractivity contribution in [2.75, 3.05) is 13.7 Å². The van der Waals surface area contributed by atoms with Crippen molar-refractivity contribution in [1.29, 1.82) is 0 Å². The van der Waals surface area contributed by atoms with Crippen molar-refractivity contribution < 1.29 is 9.84 Å². The Morgan fingerprint density at radius 3 is 2.62 bits per heavy atom. The normalized spacial score (nSPS) is 17.2. The molecule has 3 N–H and O–H groups in total. The van der Waals surface area contributed by atoms with E-state index in [0.717, 1.165) is 28.4 Å². The molecule has 0 amide bonds. The molecule has 0 bridgehead atoms. The van der Waals surface area contributed by atoms with Crippen LogP contribution in [0.15, 0.2) is 10.5 Å². The lowest BCUT2D eigenvalue weighted by Crippen LogP contribution is -2.20. The monoisotopic (exact) mass is 285 g/mol. The van der Waals surface area contributed by atoms with E-state index in [2.05, 4.69) is 15.9 Å². The maximum absolute atomic E-state index is 10.2. The van der Waals surface area contributed by atoms with Crippen molar-refractivity contribution in [1.82, 2.24) is 0 Å². The molecule has 0 heterocycles. The zero-order chi connectivity index (χ0) is 11.9. The van der Waals surface area contributed by atoms with Gasteiger partial charge in [-0.05, 0) is 25.8 Å². The summed E-state index contributed by atoms with van der Waals surface area (Å²) in [6.07, 6.45) is 2.07. The van der Waals surface area contributed by atoms with E-state index in [1.807, 2.05) is 13.0 Å². The third kappa shape index (κ3) is 1.60. The topological polar surface area (TPSA) is 55.5 Å². The van der Waals surface area contributed by atoms with Crippen molar-refractivity contribution >= 4 is 15.9 Å². The molecule has 4 heteroatoms. The molecule has 3 nitrogen and oxygen atoms in total. The van der Waals surface area contributed by atoms with E-state index < -0.39 is 0 Å². The molecular weight excluding hydrogens is 270 g/mol. The minimum absolute atomic E-state index is 0.0341. The third-order valence-corrected chi connectivity index (χ3v) is 4.28. The highest BCUT2D eigenvalue weighted by atomic mass is 79.9. The van der Waals surface area contributed by atoms with E-state index in [0.29, 0.717) is 12.3 Å². The van der Waals surface area contributed by atoms with Gasteiger partial charge >= 0.3 is 0 Å². The van der Waals surface area contributed by atoms with Crippen LogP contribution in [-0.4, -0.2) is 18.8 Å². The molecule has 0 unspecified atom stereocenters. The number of benzene rings is 1. The first kappa shape index (κ1) is 11.7. The van der Waals surface area contributed by atoms with Gasteiger partial charge in [-0.3, -0.25) is 0 Å². The Morgan fingerprint density at radius 2 is 2.19 bits per heavy atom. The molecule has 0 aromatic heterocycles. The van der Waals surface area contributed by atoms with Crippen LogP contribution in [0.2, 0.25) is 0 Å². The lowest BCUT2D eigenvalue weighted by molar-refractivity contribution is 0.365. The van der Waals surface area contributed by atoms with Gasteiger partial charge in [0, 0.05) is 27.6 Å². The average molecular weight is 286 g/mol. The van der Waals surface area contributed by atoms with Crippen LogP contribution in [0.4, 0.5) is 0 Å². The summed E-state index contributed by atoms with van der Waals surface area (Å²) in [4.78, 5) is 0. The molecule has 0 radical (unpaired) electrons. The highest BCUT2D eigenvalue weighted by Crippen LogP contribution is 2.53. The Kier molecular flexibility index (Phi) is 2.88. The fourth-order valence-electron chi connectivity index (χ4n) is 2.10. The van der Waals surface area contributed by atoms with Gasteiger partial charge in [-0.2, -0.15) is 0 Å². The number of hydrogen-bond acceptors (Lipinski definition) is 3. The van der Waals surface area contributed by atoms with Gasteiger partial charge in [0.1, 0.15) is 0 Å². The zero-order valence-corrected chi connectivity index (χ0v) is 11.1. The summed E-state index contributed by atoms with van der Waals surface area (Å²) in [5.74, 6) is 0.787. The highest BCUT2D eigenvalue weighted by Gasteiger charge is 2.45. The van der Waals surface area contributed by atoms with E-state index in [4.69, 9.17) is 10.5 Å². The molecular formula is C12H16BrNO2. The number of phenolic OH excluding ortho intramolecular Hbond substituents is 1. The first-order chi connectivity index (χ1) is 7.55. The Morgan fingerprint density at radius 1 is 1.56 bits per heavy atom. The van der Waals surface area contributed by atoms with E-state index in [1.165, 1.54) is 0 Å². The molecule has 0 aliphatic heterocycles. The van der Waals surface area contributed by atoms with E-state index in [1.54, 1.807) is 7.11 Å². The van der Waals surface area contributed by atoms with Gasteiger partial charge in [-0.25, -0.2) is 0 Å². The second kappa shape index (κ2) is 3.93. The van der Waals surface area contributed by atoms with Crippen LogP contribution in [0.3, 0.4) is 0 Å². The average Bonchev–Trinajstić information content (AvgIpc) is 3.05. The van der Waals surface area contributed by atoms with Gasteiger partial charge in [-0.1, -0.05) is 15.9 Å². The maximum Gasteiger partial charge on any atom is 0.164 e. The van der Waals surface area contributed by atoms with Crippen molar-refractivity contribution in [2.24, 2.45) is 5.73 Å². The van der Waals surface area contributed by atoms with Crippen LogP contribution >= 0.6 is 15.9 Å². The van der Waals surface area contributed by atoms with Crippen molar-refractivity contribution in [3.63, 3.8) is 0 Å². The van der Waals surface area contributed by atoms with Crippen LogP contribution in [0, 0.1) is 6.92 Å². The van der Waals surface area contributed by atoms with Crippen LogP contribution in [0.1, 0.15) is 24.0 Å². The molecule has 1 aliphatic carbocycles. The van der Waals surface area contributed by atoms with Crippen molar-refractivity contribution in [2.45, 2.75) is 25.2 Å². The Bertz CT molecular complexity index is 428. The number of nitrogens with two attached hydrogens (primary N) is 1. The minimum atomic E-state index is -0.0341. The van der Waals surface area contributed by atoms with Crippen LogP contribution in [0.25, 0.3) is 0 Å². The zero-order valence-electron chi connectivity index (χ0n) is 9.51. The smallest absolute Gasteiger partial charge is 0.164 e. The third-order valence-electron chi connectivity index (χ3n) is 3.46. The molecule has 88 valence electrons. The Labute approximate surface area is 104 Å². The summed E-state index contributed by atoms with van der Waals surface area (Å²) in [6, 6.07) is 1.97. The van der Waals surface area contributed by atoms with Crippen LogP contribution in [0.5, 0.6) is 11.5 Å². The molecule has 16 heavy (non-hydrogen) atoms. The van der Waals surface area contributed by atoms with E-state index >= 15 is 0 Å². The number of hydrogen-bond donors (Lipinski definition) is 2. The van der Waals surface area contributed by atoms with E-state index in [-0.39, 0.29) is 11.2 Å². The van der Waals surface area contributed by atoms with Gasteiger partial charge < -0.3 is 15.6 Å². The largest absolute Gasteiger partial charge is 0.504 e. The fraction of sp³-hybridized carbons (Fsp3) is 0.500. The predicted molar refractivity (Wildman–Crippen MR) is 67.1 cm³/mol. The molecule has 0 atom stereocenters. The number of methoxy groups -OCH3 is 1. The predicted octanol–water partition coefficient (Wildman–Crippen LogP) is 2.46. The number of rotatable bonds is 3. The van der Waals surface area contributed by atoms with Crippen LogP contribution < -0.4 is 10.5 Å². The van der Waals surface area contributed by atoms with Crippen LogP contribution in [-0.2, 0) is 5.41 Å². The molecule has 2 rings (SSSR count). The van der Waals surface area contributed by atoms with Crippen molar-refractivity contribution in [3.8, 4) is 11.5 Å². The summed E-state index contributed by atoms with van der Waals surface area (Å²) < 4.78 is 6.20. The molecule has 1 aromatic rings. The Hall–Kier alpha value is -0.740. The second-order valence-electron chi connectivity index (χ2n) is 4.40. The van der Waals surface area contributed by atoms with Gasteiger partial charge in [0.25, 0.3) is 0 Å². The number of aromatic hydroxyl groups is 1. The fourth-order valence-corrected chi connectivity index (χ4v) is 2.51. The lowest BCUT2D eigenvalue weighted by atomic mass is 9.93. The van der Waals surface area contributed by atoms with Gasteiger partial charge in [0.2, 0.25) is 0 Å². The summed E-state index contributed by atoms with van der Waals surface area (Å²) in [6.45, 7) is 2.48. The number of phenols is 1. The van der Waals surface area contributed by atoms with Gasteiger partial charge in [0.05, 0.1) is 7.11 Å². The highest BCUT2D eigenvalue weighted by molar-refractivity contribution is 9.10. The Balaban J connectivity index is 2.59. The summed E-state index contributed by atoms with van der Waals surface area (Å²) in [7, 11) is 1.57. The van der Waals surface area contributed by atoms with Crippen molar-refractivity contribution in [3.05, 3.63) is 21.7 Å². The molecule has 0 saturated heterocycles. The standard InChI is InChI=1S/C12H16BrNO2/c1-7-9(13)5-8(10(15)11(7)16-2)12(6-14)3-4-12/h5,15H,3-4,6,14H2,1-2H3. The summed E-state index contributed by atoms with van der Waals surface area (Å²) >= 11 is 3.49. The SMILES string of the molecule is COc1c(C)c(Br)cc(C2(CN)CC2)c1O. The molecule has 1 aliphatic rings. The molecule has 1 saturated carbocycles. The first-order valence-corrected chi connectivity index (χ1v) is 6.11. The van der Waals surface area contributed by atoms with Gasteiger partial charge in [-0.15, -0.1) is 0 Å². The minimum Gasteiger partial charge on any atom is -0.504 e. The number of halogens is 1. The summed E-state index contributed by atoms with van der Waals surface area (Å²) in [5, 5.41) is 10.2. The van der Waals surface area contributed by atoms with E-state index in [9.17, 15) is 5.11 Å². The first-order valence-electron chi connectivity index (χ1n) is 5.32. The van der Waals surface area contributed by atoms with Gasteiger partial charge in [0.15, 0.2) is 11.5 Å². The molecule has 1 aromatic carbocycles. The quantitative estimate of drug-likeness (QED) is 0.897. The number of ether oxygens (including phenoxy) is 1. The summed E-state index contributed by atoms with van der Waals surface area (Å²) in [5.41, 5.74) is 7.57. The lowest BCUT2D eigenvalue weighted by Gasteiger charge is -2.19. The molecule has 0 spiro atoms.